The minimum absolute atomic E-state index is 0.0167. The predicted molar refractivity (Wildman–Crippen MR) is 69.2 cm³/mol. The van der Waals surface area contributed by atoms with Crippen LogP contribution in [-0.2, 0) is 11.2 Å². The van der Waals surface area contributed by atoms with E-state index >= 15 is 0 Å². The summed E-state index contributed by atoms with van der Waals surface area (Å²) in [6.07, 6.45) is 2.80. The molecule has 0 saturated heterocycles. The molecule has 0 radical (unpaired) electrons. The van der Waals surface area contributed by atoms with E-state index in [2.05, 4.69) is 15.3 Å². The first kappa shape index (κ1) is 14.5. The lowest BCUT2D eigenvalue weighted by atomic mass is 10.1. The van der Waals surface area contributed by atoms with Gasteiger partial charge in [-0.3, -0.25) is 4.79 Å². The molecule has 110 valence electrons. The van der Waals surface area contributed by atoms with Crippen LogP contribution in [0.2, 0.25) is 0 Å². The van der Waals surface area contributed by atoms with Gasteiger partial charge < -0.3 is 20.5 Å². The summed E-state index contributed by atoms with van der Waals surface area (Å²) >= 11 is 0. The fourth-order valence-corrected chi connectivity index (χ4v) is 1.74. The number of carboxylic acids is 1. The van der Waals surface area contributed by atoms with Crippen LogP contribution in [0, 0.1) is 5.82 Å². The molecule has 0 aliphatic rings. The molecule has 0 aliphatic heterocycles. The summed E-state index contributed by atoms with van der Waals surface area (Å²) in [7, 11) is 0. The molecule has 1 aromatic heterocycles. The number of carbonyl (C=O) groups is 2. The maximum atomic E-state index is 13.1. The van der Waals surface area contributed by atoms with Gasteiger partial charge in [0.1, 0.15) is 17.6 Å². The molecule has 0 fully saturated rings. The number of benzene rings is 1. The van der Waals surface area contributed by atoms with Crippen LogP contribution in [0.3, 0.4) is 0 Å². The Morgan fingerprint density at radius 2 is 2.19 bits per heavy atom. The number of carbonyl (C=O) groups excluding carboxylic acids is 1. The van der Waals surface area contributed by atoms with Gasteiger partial charge in [0.15, 0.2) is 0 Å². The van der Waals surface area contributed by atoms with Gasteiger partial charge >= 0.3 is 5.97 Å². The van der Waals surface area contributed by atoms with Crippen LogP contribution in [0.1, 0.15) is 16.1 Å². The van der Waals surface area contributed by atoms with E-state index in [-0.39, 0.29) is 12.0 Å². The van der Waals surface area contributed by atoms with Gasteiger partial charge in [0.25, 0.3) is 5.91 Å². The van der Waals surface area contributed by atoms with Crippen LogP contribution >= 0.6 is 0 Å². The van der Waals surface area contributed by atoms with Crippen molar-refractivity contribution in [2.75, 3.05) is 0 Å². The Kier molecular flexibility index (Phi) is 4.17. The van der Waals surface area contributed by atoms with Crippen molar-refractivity contribution in [2.24, 2.45) is 0 Å². The number of hydrogen-bond donors (Lipinski definition) is 4. The molecule has 2 aromatic rings. The number of H-pyrrole nitrogens is 1. The first-order valence-electron chi connectivity index (χ1n) is 5.97. The summed E-state index contributed by atoms with van der Waals surface area (Å²) in [5.41, 5.74) is 0.192. The first-order valence-corrected chi connectivity index (χ1v) is 5.97. The molecule has 7 nitrogen and oxygen atoms in total. The zero-order chi connectivity index (χ0) is 15.4. The summed E-state index contributed by atoms with van der Waals surface area (Å²) < 4.78 is 13.1. The molecule has 0 aliphatic carbocycles. The lowest BCUT2D eigenvalue weighted by Gasteiger charge is -2.14. The molecule has 1 atom stereocenters. The number of nitrogens with one attached hydrogen (secondary N) is 2. The van der Waals surface area contributed by atoms with Crippen LogP contribution < -0.4 is 5.32 Å². The highest BCUT2D eigenvalue weighted by molar-refractivity contribution is 5.98. The van der Waals surface area contributed by atoms with Gasteiger partial charge in [0, 0.05) is 18.3 Å². The number of hydrogen-bond acceptors (Lipinski definition) is 4. The monoisotopic (exact) mass is 293 g/mol. The molecule has 0 bridgehead atoms. The number of nitrogens with zero attached hydrogens (tertiary/aromatic N) is 1. The number of phenolic OH excluding ortho intramolecular Hbond substituents is 1. The minimum atomic E-state index is -1.26. The van der Waals surface area contributed by atoms with E-state index in [1.165, 1.54) is 12.5 Å². The summed E-state index contributed by atoms with van der Waals surface area (Å²) in [4.78, 5) is 29.6. The highest BCUT2D eigenvalue weighted by Gasteiger charge is 2.23. The van der Waals surface area contributed by atoms with Crippen molar-refractivity contribution in [1.82, 2.24) is 15.3 Å². The molecule has 0 saturated carbocycles. The molecule has 21 heavy (non-hydrogen) atoms. The molecule has 8 heteroatoms. The van der Waals surface area contributed by atoms with Gasteiger partial charge in [-0.15, -0.1) is 0 Å². The topological polar surface area (TPSA) is 115 Å². The van der Waals surface area contributed by atoms with Crippen molar-refractivity contribution in [3.8, 4) is 5.75 Å². The summed E-state index contributed by atoms with van der Waals surface area (Å²) in [6, 6.07) is 1.61. The van der Waals surface area contributed by atoms with E-state index in [1.807, 2.05) is 0 Å². The van der Waals surface area contributed by atoms with Crippen molar-refractivity contribution < 1.29 is 24.2 Å². The van der Waals surface area contributed by atoms with Crippen molar-refractivity contribution >= 4 is 11.9 Å². The van der Waals surface area contributed by atoms with Gasteiger partial charge in [-0.2, -0.15) is 0 Å². The quantitative estimate of drug-likeness (QED) is 0.647. The number of amides is 1. The van der Waals surface area contributed by atoms with E-state index in [9.17, 15) is 19.1 Å². The fourth-order valence-electron chi connectivity index (χ4n) is 1.74. The maximum absolute atomic E-state index is 13.1. The zero-order valence-corrected chi connectivity index (χ0v) is 10.7. The molecular weight excluding hydrogens is 281 g/mol. The lowest BCUT2D eigenvalue weighted by molar-refractivity contribution is -0.139. The van der Waals surface area contributed by atoms with E-state index < -0.39 is 29.5 Å². The fraction of sp³-hybridized carbons (Fsp3) is 0.154. The maximum Gasteiger partial charge on any atom is 0.326 e. The Morgan fingerprint density at radius 3 is 2.81 bits per heavy atom. The number of phenols is 1. The van der Waals surface area contributed by atoms with Crippen molar-refractivity contribution in [3.63, 3.8) is 0 Å². The number of carboxylic acid groups (broad SMARTS) is 1. The molecule has 0 spiro atoms. The normalized spacial score (nSPS) is 11.9. The summed E-state index contributed by atoms with van der Waals surface area (Å²) in [5.74, 6) is -3.27. The van der Waals surface area contributed by atoms with Gasteiger partial charge in [0.2, 0.25) is 0 Å². The number of halogens is 1. The van der Waals surface area contributed by atoms with E-state index in [0.717, 1.165) is 18.2 Å². The Labute approximate surface area is 118 Å². The number of aromatic amines is 1. The second kappa shape index (κ2) is 6.04. The lowest BCUT2D eigenvalue weighted by Crippen LogP contribution is -2.42. The first-order chi connectivity index (χ1) is 9.97. The molecule has 1 amide bonds. The number of imidazole rings is 1. The van der Waals surface area contributed by atoms with E-state index in [0.29, 0.717) is 5.69 Å². The molecular formula is C13H12FN3O4. The third kappa shape index (κ3) is 3.56. The minimum Gasteiger partial charge on any atom is -0.507 e. The largest absolute Gasteiger partial charge is 0.507 e. The average molecular weight is 293 g/mol. The molecule has 0 unspecified atom stereocenters. The molecule has 1 heterocycles. The van der Waals surface area contributed by atoms with Gasteiger partial charge in [0.05, 0.1) is 11.9 Å². The Morgan fingerprint density at radius 1 is 1.43 bits per heavy atom. The Balaban J connectivity index is 2.14. The SMILES string of the molecule is O=C(N[C@@H](Cc1cnc[nH]1)C(=O)O)c1cc(F)ccc1O. The molecule has 1 aromatic carbocycles. The van der Waals surface area contributed by atoms with Gasteiger partial charge in [-0.1, -0.05) is 0 Å². The van der Waals surface area contributed by atoms with E-state index in [4.69, 9.17) is 5.11 Å². The van der Waals surface area contributed by atoms with Crippen molar-refractivity contribution in [3.05, 3.63) is 47.8 Å². The number of aromatic hydroxyl groups is 1. The highest BCUT2D eigenvalue weighted by atomic mass is 19.1. The molecule has 2 rings (SSSR count). The third-order valence-corrected chi connectivity index (χ3v) is 2.79. The standard InChI is InChI=1S/C13H12FN3O4/c14-7-1-2-11(18)9(3-7)12(19)17-10(13(20)21)4-8-5-15-6-16-8/h1-3,5-6,10,18H,4H2,(H,15,16)(H,17,19)(H,20,21)/t10-/m0/s1. The number of aliphatic carboxylic acids is 1. The summed E-state index contributed by atoms with van der Waals surface area (Å²) in [5, 5.41) is 20.9. The predicted octanol–water partition coefficient (Wildman–Crippen LogP) is 0.680. The number of aromatic nitrogens is 2. The second-order valence-corrected chi connectivity index (χ2v) is 4.31. The Hall–Kier alpha value is -2.90. The second-order valence-electron chi connectivity index (χ2n) is 4.31. The van der Waals surface area contributed by atoms with Crippen molar-refractivity contribution in [1.29, 1.82) is 0 Å². The Bertz CT molecular complexity index is 657. The number of rotatable bonds is 5. The van der Waals surface area contributed by atoms with Crippen LogP contribution in [0.5, 0.6) is 5.75 Å². The van der Waals surface area contributed by atoms with Crippen LogP contribution in [0.25, 0.3) is 0 Å². The highest BCUT2D eigenvalue weighted by Crippen LogP contribution is 2.18. The summed E-state index contributed by atoms with van der Waals surface area (Å²) in [6.45, 7) is 0. The van der Waals surface area contributed by atoms with E-state index in [1.54, 1.807) is 0 Å². The molecule has 4 N–H and O–H groups in total. The van der Waals surface area contributed by atoms with Crippen LogP contribution in [0.4, 0.5) is 4.39 Å². The third-order valence-electron chi connectivity index (χ3n) is 2.79. The van der Waals surface area contributed by atoms with Crippen molar-refractivity contribution in [2.45, 2.75) is 12.5 Å². The van der Waals surface area contributed by atoms with Gasteiger partial charge in [-0.25, -0.2) is 14.2 Å². The van der Waals surface area contributed by atoms with Gasteiger partial charge in [-0.05, 0) is 18.2 Å². The van der Waals surface area contributed by atoms with Crippen LogP contribution in [-0.4, -0.2) is 38.1 Å². The van der Waals surface area contributed by atoms with Crippen LogP contribution in [0.15, 0.2) is 30.7 Å². The zero-order valence-electron chi connectivity index (χ0n) is 10.7. The average Bonchev–Trinajstić information content (AvgIpc) is 2.93. The smallest absolute Gasteiger partial charge is 0.326 e.